The number of benzene rings is 3. The number of carbonyl (C=O) groups excluding carboxylic acids is 1. The van der Waals surface area contributed by atoms with Gasteiger partial charge in [0.15, 0.2) is 0 Å². The molecule has 0 fully saturated rings. The van der Waals surface area contributed by atoms with Crippen LogP contribution < -0.4 is 10.1 Å². The van der Waals surface area contributed by atoms with E-state index >= 15 is 0 Å². The van der Waals surface area contributed by atoms with Crippen LogP contribution in [0.3, 0.4) is 0 Å². The second-order valence-corrected chi connectivity index (χ2v) is 8.91. The molecular formula is C29H33N3O2. The van der Waals surface area contributed by atoms with E-state index in [9.17, 15) is 4.79 Å². The van der Waals surface area contributed by atoms with Crippen LogP contribution in [0.1, 0.15) is 48.3 Å². The van der Waals surface area contributed by atoms with Crippen LogP contribution in [0.15, 0.2) is 72.8 Å². The Bertz CT molecular complexity index is 1230. The topological polar surface area (TPSA) is 56.1 Å². The van der Waals surface area contributed by atoms with Crippen molar-refractivity contribution in [1.29, 1.82) is 0 Å². The number of nitrogens with one attached hydrogen (secondary N) is 1. The summed E-state index contributed by atoms with van der Waals surface area (Å²) in [7, 11) is 0. The average Bonchev–Trinajstić information content (AvgIpc) is 3.19. The molecule has 0 aliphatic carbocycles. The first kappa shape index (κ1) is 23.6. The number of nitrogens with zero attached hydrogens (tertiary/aromatic N) is 2. The van der Waals surface area contributed by atoms with Crippen LogP contribution in [0.2, 0.25) is 0 Å². The smallest absolute Gasteiger partial charge is 0.220 e. The minimum absolute atomic E-state index is 0.0353. The van der Waals surface area contributed by atoms with Crippen molar-refractivity contribution in [1.82, 2.24) is 14.9 Å². The second-order valence-electron chi connectivity index (χ2n) is 8.91. The highest BCUT2D eigenvalue weighted by atomic mass is 16.5. The number of fused-ring (bicyclic) bond motifs is 1. The molecule has 0 radical (unpaired) electrons. The Morgan fingerprint density at radius 2 is 1.71 bits per heavy atom. The maximum atomic E-state index is 12.6. The summed E-state index contributed by atoms with van der Waals surface area (Å²) in [4.78, 5) is 17.5. The summed E-state index contributed by atoms with van der Waals surface area (Å²) in [5.41, 5.74) is 5.60. The fraction of sp³-hybridized carbons (Fsp3) is 0.310. The largest absolute Gasteiger partial charge is 0.494 e. The molecule has 4 aromatic rings. The highest BCUT2D eigenvalue weighted by molar-refractivity contribution is 5.78. The van der Waals surface area contributed by atoms with E-state index in [4.69, 9.17) is 9.72 Å². The first-order chi connectivity index (χ1) is 16.5. The lowest BCUT2D eigenvalue weighted by Crippen LogP contribution is -2.29. The zero-order chi connectivity index (χ0) is 23.9. The summed E-state index contributed by atoms with van der Waals surface area (Å²) in [6.07, 6.45) is 2.03. The van der Waals surface area contributed by atoms with Gasteiger partial charge in [0.05, 0.1) is 23.7 Å². The number of imidazole rings is 1. The molecule has 0 bridgehead atoms. The number of aromatic nitrogens is 2. The predicted octanol–water partition coefficient (Wildman–Crippen LogP) is 5.93. The number of hydrogen-bond acceptors (Lipinski definition) is 3. The SMILES string of the molecule is Cc1cc(C)cc(OCCCn2c(C(C)NC(=O)CCc3ccccc3)nc3ccccc32)c1. The Balaban J connectivity index is 1.40. The minimum atomic E-state index is -0.184. The van der Waals surface area contributed by atoms with Gasteiger partial charge in [0, 0.05) is 13.0 Å². The molecule has 0 saturated carbocycles. The lowest BCUT2D eigenvalue weighted by atomic mass is 10.1. The van der Waals surface area contributed by atoms with Gasteiger partial charge in [-0.3, -0.25) is 4.79 Å². The van der Waals surface area contributed by atoms with Crippen LogP contribution in [-0.4, -0.2) is 22.1 Å². The van der Waals surface area contributed by atoms with Crippen LogP contribution in [0.25, 0.3) is 11.0 Å². The summed E-state index contributed by atoms with van der Waals surface area (Å²) in [5, 5.41) is 3.14. The Morgan fingerprint density at radius 3 is 2.47 bits per heavy atom. The highest BCUT2D eigenvalue weighted by Gasteiger charge is 2.18. The lowest BCUT2D eigenvalue weighted by molar-refractivity contribution is -0.121. The number of hydrogen-bond donors (Lipinski definition) is 1. The molecule has 1 amide bonds. The van der Waals surface area contributed by atoms with Crippen molar-refractivity contribution in [3.05, 3.63) is 95.3 Å². The molecule has 1 N–H and O–H groups in total. The van der Waals surface area contributed by atoms with Crippen molar-refractivity contribution in [3.8, 4) is 5.75 Å². The monoisotopic (exact) mass is 455 g/mol. The molecule has 34 heavy (non-hydrogen) atoms. The molecular weight excluding hydrogens is 422 g/mol. The van der Waals surface area contributed by atoms with E-state index in [2.05, 4.69) is 60.1 Å². The molecule has 176 valence electrons. The van der Waals surface area contributed by atoms with Crippen molar-refractivity contribution < 1.29 is 9.53 Å². The van der Waals surface area contributed by atoms with E-state index in [0.717, 1.165) is 42.0 Å². The van der Waals surface area contributed by atoms with Crippen LogP contribution >= 0.6 is 0 Å². The Kier molecular flexibility index (Phi) is 7.63. The van der Waals surface area contributed by atoms with Gasteiger partial charge in [0.25, 0.3) is 0 Å². The van der Waals surface area contributed by atoms with Gasteiger partial charge >= 0.3 is 0 Å². The van der Waals surface area contributed by atoms with E-state index in [-0.39, 0.29) is 11.9 Å². The van der Waals surface area contributed by atoms with Crippen molar-refractivity contribution in [2.75, 3.05) is 6.61 Å². The molecule has 1 heterocycles. The quantitative estimate of drug-likeness (QED) is 0.302. The van der Waals surface area contributed by atoms with Crippen molar-refractivity contribution in [2.24, 2.45) is 0 Å². The third-order valence-electron chi connectivity index (χ3n) is 5.92. The maximum absolute atomic E-state index is 12.6. The predicted molar refractivity (Wildman–Crippen MR) is 137 cm³/mol. The van der Waals surface area contributed by atoms with Crippen molar-refractivity contribution >= 4 is 16.9 Å². The molecule has 1 aromatic heterocycles. The van der Waals surface area contributed by atoms with Crippen LogP contribution in [0, 0.1) is 13.8 Å². The Labute approximate surface area is 201 Å². The van der Waals surface area contributed by atoms with Gasteiger partial charge in [-0.15, -0.1) is 0 Å². The maximum Gasteiger partial charge on any atom is 0.220 e. The van der Waals surface area contributed by atoms with Crippen molar-refractivity contribution in [2.45, 2.75) is 52.6 Å². The average molecular weight is 456 g/mol. The normalized spacial score (nSPS) is 12.0. The van der Waals surface area contributed by atoms with E-state index in [0.29, 0.717) is 13.0 Å². The van der Waals surface area contributed by atoms with Gasteiger partial charge in [-0.25, -0.2) is 4.98 Å². The third kappa shape index (κ3) is 6.04. The molecule has 4 rings (SSSR count). The number of aryl methyl sites for hydroxylation is 4. The van der Waals surface area contributed by atoms with Gasteiger partial charge in [0.1, 0.15) is 11.6 Å². The number of carbonyl (C=O) groups is 1. The zero-order valence-corrected chi connectivity index (χ0v) is 20.3. The van der Waals surface area contributed by atoms with Crippen LogP contribution in [0.4, 0.5) is 0 Å². The summed E-state index contributed by atoms with van der Waals surface area (Å²) in [5.74, 6) is 1.82. The van der Waals surface area contributed by atoms with Gasteiger partial charge in [-0.05, 0) is 74.6 Å². The molecule has 1 unspecified atom stereocenters. The highest BCUT2D eigenvalue weighted by Crippen LogP contribution is 2.22. The van der Waals surface area contributed by atoms with Gasteiger partial charge in [-0.1, -0.05) is 48.5 Å². The fourth-order valence-corrected chi connectivity index (χ4v) is 4.37. The summed E-state index contributed by atoms with van der Waals surface area (Å²) < 4.78 is 8.22. The Morgan fingerprint density at radius 1 is 1.00 bits per heavy atom. The van der Waals surface area contributed by atoms with E-state index in [1.807, 2.05) is 43.3 Å². The summed E-state index contributed by atoms with van der Waals surface area (Å²) in [6, 6.07) is 24.3. The molecule has 0 aliphatic heterocycles. The number of para-hydroxylation sites is 2. The zero-order valence-electron chi connectivity index (χ0n) is 20.3. The Hall–Kier alpha value is -3.60. The fourth-order valence-electron chi connectivity index (χ4n) is 4.37. The number of rotatable bonds is 10. The number of amides is 1. The first-order valence-electron chi connectivity index (χ1n) is 12.0. The first-order valence-corrected chi connectivity index (χ1v) is 12.0. The second kappa shape index (κ2) is 11.0. The molecule has 0 spiro atoms. The number of ether oxygens (including phenoxy) is 1. The standard InChI is InChI=1S/C29H33N3O2/c1-21-18-22(2)20-25(19-21)34-17-9-16-32-27-13-8-7-12-26(27)31-29(32)23(3)30-28(33)15-14-24-10-5-4-6-11-24/h4-8,10-13,18-20,23H,9,14-17H2,1-3H3,(H,30,33). The molecule has 5 nitrogen and oxygen atoms in total. The molecule has 3 aromatic carbocycles. The molecule has 0 saturated heterocycles. The van der Waals surface area contributed by atoms with Crippen LogP contribution in [-0.2, 0) is 17.8 Å². The molecule has 0 aliphatic rings. The lowest BCUT2D eigenvalue weighted by Gasteiger charge is -2.17. The van der Waals surface area contributed by atoms with Crippen LogP contribution in [0.5, 0.6) is 5.75 Å². The van der Waals surface area contributed by atoms with E-state index in [1.54, 1.807) is 0 Å². The third-order valence-corrected chi connectivity index (χ3v) is 5.92. The van der Waals surface area contributed by atoms with Gasteiger partial charge in [0.2, 0.25) is 5.91 Å². The summed E-state index contributed by atoms with van der Waals surface area (Å²) in [6.45, 7) is 7.56. The molecule has 5 heteroatoms. The minimum Gasteiger partial charge on any atom is -0.494 e. The van der Waals surface area contributed by atoms with E-state index in [1.165, 1.54) is 16.7 Å². The van der Waals surface area contributed by atoms with Gasteiger partial charge < -0.3 is 14.6 Å². The van der Waals surface area contributed by atoms with Gasteiger partial charge in [-0.2, -0.15) is 0 Å². The summed E-state index contributed by atoms with van der Waals surface area (Å²) >= 11 is 0. The molecule has 1 atom stereocenters. The van der Waals surface area contributed by atoms with E-state index < -0.39 is 0 Å². The van der Waals surface area contributed by atoms with Crippen molar-refractivity contribution in [3.63, 3.8) is 0 Å².